The highest BCUT2D eigenvalue weighted by Crippen LogP contribution is 2.38. The van der Waals surface area contributed by atoms with Crippen LogP contribution in [0.1, 0.15) is 352 Å². The average molecular weight is 952 g/mol. The Balaban J connectivity index is 6.53. The van der Waals surface area contributed by atoms with Crippen LogP contribution in [0.25, 0.3) is 0 Å². The van der Waals surface area contributed by atoms with Gasteiger partial charge in [0.1, 0.15) is 13.6 Å². The van der Waals surface area contributed by atoms with E-state index in [1.165, 1.54) is 244 Å². The molecule has 5 nitrogen and oxygen atoms in total. The Morgan fingerprint density at radius 2 is 0.478 bits per heavy atom. The molecule has 404 valence electrons. The maximum absolute atomic E-state index is 7.73. The van der Waals surface area contributed by atoms with E-state index < -0.39 is 0 Å². The molecule has 0 saturated heterocycles. The highest BCUT2D eigenvalue weighted by Gasteiger charge is 2.37. The smallest absolute Gasteiger partial charge is 0.150 e. The monoisotopic (exact) mass is 951 g/mol. The molecule has 4 unspecified atom stereocenters. The van der Waals surface area contributed by atoms with E-state index in [9.17, 15) is 0 Å². The molecule has 0 heterocycles. The second kappa shape index (κ2) is 49.4. The van der Waals surface area contributed by atoms with Crippen LogP contribution in [0.5, 0.6) is 0 Å². The predicted molar refractivity (Wildman–Crippen MR) is 296 cm³/mol. The van der Waals surface area contributed by atoms with Crippen molar-refractivity contribution in [1.82, 2.24) is 0 Å². The summed E-state index contributed by atoms with van der Waals surface area (Å²) in [6.07, 6.45) is 55.0. The van der Waals surface area contributed by atoms with E-state index >= 15 is 0 Å². The Morgan fingerprint density at radius 1 is 0.239 bits per heavy atom. The molecule has 0 aliphatic heterocycles. The van der Waals surface area contributed by atoms with Gasteiger partial charge in [-0.1, -0.05) is 288 Å². The van der Waals surface area contributed by atoms with Crippen LogP contribution in [0.15, 0.2) is 0 Å². The van der Waals surface area contributed by atoms with Crippen molar-refractivity contribution in [3.05, 3.63) is 0 Å². The van der Waals surface area contributed by atoms with Crippen molar-refractivity contribution >= 4 is 0 Å². The van der Waals surface area contributed by atoms with Crippen LogP contribution in [0, 0.1) is 0 Å². The van der Waals surface area contributed by atoms with E-state index in [0.29, 0.717) is 0 Å². The van der Waals surface area contributed by atoms with Crippen LogP contribution >= 0.6 is 0 Å². The van der Waals surface area contributed by atoms with Gasteiger partial charge >= 0.3 is 0 Å². The molecule has 0 aromatic carbocycles. The standard InChI is InChI=1S/C62H126O5/c1-11-21-29-37-47-59(66-61(49-39-31-23-13-3,50-40-32-24-14-4)51-41-33-25-15-5)57(45-19-9)64-55-63-56-65-58(46-20-10)60(48-38-30-22-12-2)67-62(52-42-34-26-16-6,53-43-35-27-17-7)54-44-36-28-18-8/h57-60H,11-56H2,1-10H3. The van der Waals surface area contributed by atoms with Crippen LogP contribution in [-0.2, 0) is 23.7 Å². The summed E-state index contributed by atoms with van der Waals surface area (Å²) >= 11 is 0. The lowest BCUT2D eigenvalue weighted by atomic mass is 9.84. The summed E-state index contributed by atoms with van der Waals surface area (Å²) in [4.78, 5) is 0. The molecule has 0 amide bonds. The second-order valence-corrected chi connectivity index (χ2v) is 21.7. The number of ether oxygens (including phenoxy) is 5. The summed E-state index contributed by atoms with van der Waals surface area (Å²) in [5, 5.41) is 0. The molecule has 0 rings (SSSR count). The van der Waals surface area contributed by atoms with Gasteiger partial charge in [0.25, 0.3) is 0 Å². The van der Waals surface area contributed by atoms with Gasteiger partial charge in [-0.3, -0.25) is 0 Å². The molecule has 0 N–H and O–H groups in total. The van der Waals surface area contributed by atoms with Gasteiger partial charge in [-0.05, 0) is 64.2 Å². The minimum absolute atomic E-state index is 0.0303. The Morgan fingerprint density at radius 3 is 0.701 bits per heavy atom. The highest BCUT2D eigenvalue weighted by molar-refractivity contribution is 4.87. The molecule has 0 aliphatic rings. The van der Waals surface area contributed by atoms with Gasteiger partial charge in [-0.15, -0.1) is 0 Å². The SMILES string of the molecule is CCCCCCC(OC(CCCCCC)(CCCCCC)CCCCCC)C(CCC)OCOCOC(CCC)C(CCCCCC)OC(CCCCCC)(CCCCCC)CCCCCC. The lowest BCUT2D eigenvalue weighted by Gasteiger charge is -2.41. The summed E-state index contributed by atoms with van der Waals surface area (Å²) in [6, 6.07) is 0. The van der Waals surface area contributed by atoms with E-state index in [1.54, 1.807) is 0 Å². The van der Waals surface area contributed by atoms with Crippen molar-refractivity contribution in [2.75, 3.05) is 13.6 Å². The molecule has 0 aromatic rings. The Kier molecular flexibility index (Phi) is 49.2. The van der Waals surface area contributed by atoms with Crippen LogP contribution in [0.4, 0.5) is 0 Å². The Bertz CT molecular complexity index is 819. The topological polar surface area (TPSA) is 46.2 Å². The number of rotatable bonds is 56. The predicted octanol–water partition coefficient (Wildman–Crippen LogP) is 21.3. The Labute approximate surface area is 423 Å². The van der Waals surface area contributed by atoms with E-state index in [0.717, 1.165) is 38.5 Å². The third-order valence-corrected chi connectivity index (χ3v) is 15.1. The first-order valence-corrected chi connectivity index (χ1v) is 31.0. The van der Waals surface area contributed by atoms with E-state index in [-0.39, 0.29) is 49.2 Å². The zero-order valence-corrected chi connectivity index (χ0v) is 47.9. The summed E-state index contributed by atoms with van der Waals surface area (Å²) in [5.74, 6) is 0. The van der Waals surface area contributed by atoms with Gasteiger partial charge in [0.05, 0.1) is 35.6 Å². The molecule has 0 spiro atoms. The molecular formula is C62H126O5. The van der Waals surface area contributed by atoms with Gasteiger partial charge in [0, 0.05) is 0 Å². The zero-order valence-electron chi connectivity index (χ0n) is 47.9. The van der Waals surface area contributed by atoms with Crippen molar-refractivity contribution < 1.29 is 23.7 Å². The minimum atomic E-state index is -0.0549. The summed E-state index contributed by atoms with van der Waals surface area (Å²) in [7, 11) is 0. The summed E-state index contributed by atoms with van der Waals surface area (Å²) in [6.45, 7) is 23.8. The molecule has 67 heavy (non-hydrogen) atoms. The van der Waals surface area contributed by atoms with Gasteiger partial charge in [0.15, 0.2) is 0 Å². The molecule has 0 fully saturated rings. The fraction of sp³-hybridized carbons (Fsp3) is 1.00. The molecule has 4 atom stereocenters. The number of hydrogen-bond donors (Lipinski definition) is 0. The van der Waals surface area contributed by atoms with Crippen LogP contribution in [0.2, 0.25) is 0 Å². The quantitative estimate of drug-likeness (QED) is 0.0449. The number of hydrogen-bond acceptors (Lipinski definition) is 5. The van der Waals surface area contributed by atoms with E-state index in [2.05, 4.69) is 69.2 Å². The summed E-state index contributed by atoms with van der Waals surface area (Å²) in [5.41, 5.74) is -0.110. The lowest BCUT2D eigenvalue weighted by molar-refractivity contribution is -0.224. The molecule has 0 bridgehead atoms. The van der Waals surface area contributed by atoms with Crippen molar-refractivity contribution in [2.24, 2.45) is 0 Å². The maximum atomic E-state index is 7.73. The van der Waals surface area contributed by atoms with Crippen molar-refractivity contribution in [3.8, 4) is 0 Å². The maximum Gasteiger partial charge on any atom is 0.150 e. The molecule has 0 aliphatic carbocycles. The second-order valence-electron chi connectivity index (χ2n) is 21.7. The first kappa shape index (κ1) is 66.8. The lowest BCUT2D eigenvalue weighted by Crippen LogP contribution is -2.43. The number of unbranched alkanes of at least 4 members (excludes halogenated alkanes) is 24. The molecule has 0 radical (unpaired) electrons. The van der Waals surface area contributed by atoms with E-state index in [1.807, 2.05) is 0 Å². The molecule has 0 aromatic heterocycles. The Hall–Kier alpha value is -0.200. The molecule has 0 saturated carbocycles. The largest absolute Gasteiger partial charge is 0.369 e. The normalized spacial score (nSPS) is 14.2. The molecular weight excluding hydrogens is 825 g/mol. The van der Waals surface area contributed by atoms with E-state index in [4.69, 9.17) is 23.7 Å². The van der Waals surface area contributed by atoms with Gasteiger partial charge in [-0.2, -0.15) is 0 Å². The van der Waals surface area contributed by atoms with Crippen LogP contribution in [-0.4, -0.2) is 49.2 Å². The van der Waals surface area contributed by atoms with Gasteiger partial charge in [0.2, 0.25) is 0 Å². The fourth-order valence-electron chi connectivity index (χ4n) is 10.8. The van der Waals surface area contributed by atoms with Crippen molar-refractivity contribution in [1.29, 1.82) is 0 Å². The van der Waals surface area contributed by atoms with Crippen LogP contribution in [0.3, 0.4) is 0 Å². The first-order chi connectivity index (χ1) is 32.8. The third kappa shape index (κ3) is 36.4. The molecule has 5 heteroatoms. The average Bonchev–Trinajstić information content (AvgIpc) is 3.33. The highest BCUT2D eigenvalue weighted by atomic mass is 16.7. The van der Waals surface area contributed by atoms with Gasteiger partial charge < -0.3 is 23.7 Å². The first-order valence-electron chi connectivity index (χ1n) is 31.0. The van der Waals surface area contributed by atoms with Crippen LogP contribution < -0.4 is 0 Å². The van der Waals surface area contributed by atoms with Crippen molar-refractivity contribution in [2.45, 2.75) is 387 Å². The van der Waals surface area contributed by atoms with Crippen molar-refractivity contribution in [3.63, 3.8) is 0 Å². The van der Waals surface area contributed by atoms with Gasteiger partial charge in [-0.25, -0.2) is 0 Å². The summed E-state index contributed by atoms with van der Waals surface area (Å²) < 4.78 is 35.7. The third-order valence-electron chi connectivity index (χ3n) is 15.1. The zero-order chi connectivity index (χ0) is 49.4. The fourth-order valence-corrected chi connectivity index (χ4v) is 10.8. The minimum Gasteiger partial charge on any atom is -0.369 e.